The molecule has 1 N–H and O–H groups in total. The first-order valence-corrected chi connectivity index (χ1v) is 5.73. The number of carbonyl (C=O) groups excluding carboxylic acids is 1. The molecule has 17 heavy (non-hydrogen) atoms. The number of benzene rings is 1. The van der Waals surface area contributed by atoms with Crippen molar-refractivity contribution in [1.29, 1.82) is 0 Å². The van der Waals surface area contributed by atoms with E-state index in [9.17, 15) is 9.59 Å². The molecule has 1 heterocycles. The Hall–Kier alpha value is -1.55. The highest BCUT2D eigenvalue weighted by Crippen LogP contribution is 2.19. The van der Waals surface area contributed by atoms with Crippen LogP contribution in [0.5, 0.6) is 0 Å². The van der Waals surface area contributed by atoms with Gasteiger partial charge in [0.1, 0.15) is 0 Å². The van der Waals surface area contributed by atoms with Gasteiger partial charge in [-0.2, -0.15) is 0 Å². The maximum atomic E-state index is 12.0. The summed E-state index contributed by atoms with van der Waals surface area (Å²) >= 11 is 5.74. The fourth-order valence-electron chi connectivity index (χ4n) is 1.92. The van der Waals surface area contributed by atoms with Crippen LogP contribution in [0, 0.1) is 5.92 Å². The summed E-state index contributed by atoms with van der Waals surface area (Å²) in [5.74, 6) is -1.41. The van der Waals surface area contributed by atoms with E-state index in [2.05, 4.69) is 0 Å². The molecule has 1 aromatic rings. The molecule has 0 spiro atoms. The Balaban J connectivity index is 2.07. The average molecular weight is 254 g/mol. The average Bonchev–Trinajstić information content (AvgIpc) is 2.78. The molecular weight excluding hydrogens is 242 g/mol. The number of amides is 1. The Morgan fingerprint density at radius 2 is 1.94 bits per heavy atom. The smallest absolute Gasteiger partial charge is 0.308 e. The molecule has 1 aliphatic rings. The lowest BCUT2D eigenvalue weighted by Crippen LogP contribution is -2.29. The maximum Gasteiger partial charge on any atom is 0.308 e. The number of likely N-dealkylation sites (tertiary alicyclic amines) is 1. The van der Waals surface area contributed by atoms with Crippen molar-refractivity contribution in [2.24, 2.45) is 5.92 Å². The van der Waals surface area contributed by atoms with E-state index in [1.165, 1.54) is 0 Å². The minimum atomic E-state index is -0.837. The van der Waals surface area contributed by atoms with E-state index >= 15 is 0 Å². The number of aliphatic carboxylic acids is 1. The van der Waals surface area contributed by atoms with Crippen molar-refractivity contribution in [3.8, 4) is 0 Å². The molecule has 5 heteroatoms. The van der Waals surface area contributed by atoms with Crippen LogP contribution in [0.25, 0.3) is 0 Å². The summed E-state index contributed by atoms with van der Waals surface area (Å²) in [6.07, 6.45) is 0.522. The summed E-state index contributed by atoms with van der Waals surface area (Å²) in [5, 5.41) is 9.44. The van der Waals surface area contributed by atoms with Gasteiger partial charge in [-0.3, -0.25) is 9.59 Å². The van der Waals surface area contributed by atoms with Gasteiger partial charge in [-0.25, -0.2) is 0 Å². The Morgan fingerprint density at radius 1 is 1.29 bits per heavy atom. The quantitative estimate of drug-likeness (QED) is 0.876. The van der Waals surface area contributed by atoms with Crippen LogP contribution in [0.1, 0.15) is 16.8 Å². The Morgan fingerprint density at radius 3 is 2.47 bits per heavy atom. The molecule has 0 bridgehead atoms. The predicted octanol–water partition coefficient (Wildman–Crippen LogP) is 1.89. The Labute approximate surface area is 104 Å². The fraction of sp³-hybridized carbons (Fsp3) is 0.333. The number of halogens is 1. The van der Waals surface area contributed by atoms with Crippen molar-refractivity contribution in [2.45, 2.75) is 6.42 Å². The summed E-state index contributed by atoms with van der Waals surface area (Å²) in [6, 6.07) is 6.61. The van der Waals surface area contributed by atoms with E-state index in [0.717, 1.165) is 0 Å². The number of hydrogen-bond acceptors (Lipinski definition) is 2. The SMILES string of the molecule is O=C(O)C1CCN(C(=O)c2ccc(Cl)cc2)C1. The summed E-state index contributed by atoms with van der Waals surface area (Å²) < 4.78 is 0. The molecule has 0 radical (unpaired) electrons. The Bertz CT molecular complexity index is 444. The van der Waals surface area contributed by atoms with Crippen molar-refractivity contribution in [3.63, 3.8) is 0 Å². The van der Waals surface area contributed by atoms with Crippen LogP contribution in [0.15, 0.2) is 24.3 Å². The molecule has 90 valence electrons. The highest BCUT2D eigenvalue weighted by atomic mass is 35.5. The molecule has 4 nitrogen and oxygen atoms in total. The molecule has 1 amide bonds. The van der Waals surface area contributed by atoms with Crippen LogP contribution < -0.4 is 0 Å². The van der Waals surface area contributed by atoms with Crippen molar-refractivity contribution < 1.29 is 14.7 Å². The first-order chi connectivity index (χ1) is 8.08. The van der Waals surface area contributed by atoms with Crippen LogP contribution in [-0.2, 0) is 4.79 Å². The molecular formula is C12H12ClNO3. The third-order valence-corrected chi connectivity index (χ3v) is 3.17. The van der Waals surface area contributed by atoms with Crippen LogP contribution in [0.2, 0.25) is 5.02 Å². The molecule has 0 aliphatic carbocycles. The highest BCUT2D eigenvalue weighted by Gasteiger charge is 2.31. The fourth-order valence-corrected chi connectivity index (χ4v) is 2.05. The summed E-state index contributed by atoms with van der Waals surface area (Å²) in [6.45, 7) is 0.787. The normalized spacial score (nSPS) is 19.4. The number of carboxylic acids is 1. The highest BCUT2D eigenvalue weighted by molar-refractivity contribution is 6.30. The lowest BCUT2D eigenvalue weighted by atomic mass is 10.1. The van der Waals surface area contributed by atoms with Gasteiger partial charge >= 0.3 is 5.97 Å². The zero-order chi connectivity index (χ0) is 12.4. The van der Waals surface area contributed by atoms with Gasteiger partial charge in [0, 0.05) is 23.7 Å². The zero-order valence-electron chi connectivity index (χ0n) is 9.10. The van der Waals surface area contributed by atoms with Gasteiger partial charge in [0.15, 0.2) is 0 Å². The second-order valence-corrected chi connectivity index (χ2v) is 4.52. The van der Waals surface area contributed by atoms with Crippen LogP contribution >= 0.6 is 11.6 Å². The van der Waals surface area contributed by atoms with E-state index < -0.39 is 11.9 Å². The topological polar surface area (TPSA) is 57.6 Å². The minimum Gasteiger partial charge on any atom is -0.481 e. The molecule has 1 fully saturated rings. The zero-order valence-corrected chi connectivity index (χ0v) is 9.85. The van der Waals surface area contributed by atoms with Crippen molar-refractivity contribution >= 4 is 23.5 Å². The van der Waals surface area contributed by atoms with Gasteiger partial charge in [0.05, 0.1) is 5.92 Å². The molecule has 0 saturated carbocycles. The number of nitrogens with zero attached hydrogens (tertiary/aromatic N) is 1. The van der Waals surface area contributed by atoms with Crippen molar-refractivity contribution in [2.75, 3.05) is 13.1 Å². The molecule has 1 aromatic carbocycles. The molecule has 1 aliphatic heterocycles. The summed E-state index contributed by atoms with van der Waals surface area (Å²) in [7, 11) is 0. The number of rotatable bonds is 2. The lowest BCUT2D eigenvalue weighted by molar-refractivity contribution is -0.141. The van der Waals surface area contributed by atoms with Crippen LogP contribution in [0.3, 0.4) is 0 Å². The third kappa shape index (κ3) is 2.58. The van der Waals surface area contributed by atoms with Gasteiger partial charge < -0.3 is 10.0 Å². The van der Waals surface area contributed by atoms with Gasteiger partial charge in [-0.1, -0.05) is 11.6 Å². The van der Waals surface area contributed by atoms with Gasteiger partial charge in [-0.15, -0.1) is 0 Å². The first-order valence-electron chi connectivity index (χ1n) is 5.35. The van der Waals surface area contributed by atoms with Gasteiger partial charge in [0.25, 0.3) is 5.91 Å². The number of carbonyl (C=O) groups is 2. The molecule has 1 saturated heterocycles. The first kappa shape index (κ1) is 11.9. The number of hydrogen-bond donors (Lipinski definition) is 1. The van der Waals surface area contributed by atoms with Crippen LogP contribution in [-0.4, -0.2) is 35.0 Å². The van der Waals surface area contributed by atoms with Crippen molar-refractivity contribution in [1.82, 2.24) is 4.90 Å². The largest absolute Gasteiger partial charge is 0.481 e. The predicted molar refractivity (Wildman–Crippen MR) is 63.1 cm³/mol. The summed E-state index contributed by atoms with van der Waals surface area (Å²) in [5.41, 5.74) is 0.542. The molecule has 1 atom stereocenters. The van der Waals surface area contributed by atoms with Gasteiger partial charge in [-0.05, 0) is 30.7 Å². The monoisotopic (exact) mass is 253 g/mol. The molecule has 2 rings (SSSR count). The van der Waals surface area contributed by atoms with Gasteiger partial charge in [0.2, 0.25) is 0 Å². The third-order valence-electron chi connectivity index (χ3n) is 2.92. The lowest BCUT2D eigenvalue weighted by Gasteiger charge is -2.15. The second kappa shape index (κ2) is 4.75. The standard InChI is InChI=1S/C12H12ClNO3/c13-10-3-1-8(2-4-10)11(15)14-6-5-9(7-14)12(16)17/h1-4,9H,5-7H2,(H,16,17). The summed E-state index contributed by atoms with van der Waals surface area (Å²) in [4.78, 5) is 24.4. The number of carboxylic acid groups (broad SMARTS) is 1. The van der Waals surface area contributed by atoms with E-state index in [4.69, 9.17) is 16.7 Å². The molecule has 1 unspecified atom stereocenters. The van der Waals surface area contributed by atoms with E-state index in [-0.39, 0.29) is 12.5 Å². The van der Waals surface area contributed by atoms with E-state index in [0.29, 0.717) is 23.6 Å². The van der Waals surface area contributed by atoms with E-state index in [1.807, 2.05) is 0 Å². The molecule has 0 aromatic heterocycles. The van der Waals surface area contributed by atoms with Crippen LogP contribution in [0.4, 0.5) is 0 Å². The van der Waals surface area contributed by atoms with Crippen molar-refractivity contribution in [3.05, 3.63) is 34.9 Å². The maximum absolute atomic E-state index is 12.0. The van der Waals surface area contributed by atoms with E-state index in [1.54, 1.807) is 29.2 Å². The Kier molecular flexibility index (Phi) is 3.33. The second-order valence-electron chi connectivity index (χ2n) is 4.08. The minimum absolute atomic E-state index is 0.134.